The van der Waals surface area contributed by atoms with Gasteiger partial charge in [0.2, 0.25) is 0 Å². The second-order valence-electron chi connectivity index (χ2n) is 3.56. The van der Waals surface area contributed by atoms with Gasteiger partial charge in [0.05, 0.1) is 5.60 Å². The Kier molecular flexibility index (Phi) is 2.72. The van der Waals surface area contributed by atoms with Crippen LogP contribution in [0.5, 0.6) is 0 Å². The Hall–Kier alpha value is -0.300. The minimum atomic E-state index is -0.367. The first-order valence-electron chi connectivity index (χ1n) is 4.56. The van der Waals surface area contributed by atoms with Crippen molar-refractivity contribution < 1.29 is 5.11 Å². The van der Waals surface area contributed by atoms with Crippen LogP contribution in [0, 0.1) is 5.92 Å². The molecule has 0 radical (unpaired) electrons. The highest BCUT2D eigenvalue weighted by molar-refractivity contribution is 4.94. The maximum atomic E-state index is 10.0. The van der Waals surface area contributed by atoms with Gasteiger partial charge < -0.3 is 5.11 Å². The molecule has 1 unspecified atom stereocenters. The van der Waals surface area contributed by atoms with Gasteiger partial charge in [0, 0.05) is 0 Å². The highest BCUT2D eigenvalue weighted by Gasteiger charge is 2.41. The van der Waals surface area contributed by atoms with E-state index in [1.54, 1.807) is 0 Å². The van der Waals surface area contributed by atoms with Gasteiger partial charge in [-0.25, -0.2) is 0 Å². The summed E-state index contributed by atoms with van der Waals surface area (Å²) in [4.78, 5) is 0. The molecule has 0 aromatic heterocycles. The normalized spacial score (nSPS) is 22.7. The van der Waals surface area contributed by atoms with E-state index in [2.05, 4.69) is 13.5 Å². The number of hydrogen-bond acceptors (Lipinski definition) is 1. The third-order valence-electron chi connectivity index (χ3n) is 2.73. The third-order valence-corrected chi connectivity index (χ3v) is 2.73. The molecule has 1 saturated carbocycles. The van der Waals surface area contributed by atoms with E-state index in [0.717, 1.165) is 19.3 Å². The Labute approximate surface area is 69.1 Å². The van der Waals surface area contributed by atoms with E-state index in [1.165, 1.54) is 12.8 Å². The van der Waals surface area contributed by atoms with Crippen molar-refractivity contribution in [2.75, 3.05) is 0 Å². The van der Waals surface area contributed by atoms with E-state index < -0.39 is 0 Å². The standard InChI is InChI=1S/C10H18O/c1-3-5-8-10(11,4-2)9-6-7-9/h3,9,11H,1,4-8H2,2H3. The van der Waals surface area contributed by atoms with Crippen molar-refractivity contribution in [3.63, 3.8) is 0 Å². The summed E-state index contributed by atoms with van der Waals surface area (Å²) in [6.07, 6.45) is 7.08. The molecule has 64 valence electrons. The number of aliphatic hydroxyl groups is 1. The van der Waals surface area contributed by atoms with E-state index in [-0.39, 0.29) is 5.60 Å². The summed E-state index contributed by atoms with van der Waals surface area (Å²) in [5, 5.41) is 10.0. The lowest BCUT2D eigenvalue weighted by Gasteiger charge is -2.25. The molecule has 1 rings (SSSR count). The van der Waals surface area contributed by atoms with Crippen molar-refractivity contribution in [3.05, 3.63) is 12.7 Å². The van der Waals surface area contributed by atoms with E-state index in [4.69, 9.17) is 0 Å². The number of hydrogen-bond donors (Lipinski definition) is 1. The molecule has 0 aromatic carbocycles. The molecule has 1 aliphatic carbocycles. The van der Waals surface area contributed by atoms with Crippen molar-refractivity contribution in [1.82, 2.24) is 0 Å². The summed E-state index contributed by atoms with van der Waals surface area (Å²) in [7, 11) is 0. The zero-order valence-corrected chi connectivity index (χ0v) is 7.34. The summed E-state index contributed by atoms with van der Waals surface area (Å²) >= 11 is 0. The lowest BCUT2D eigenvalue weighted by atomic mass is 9.89. The lowest BCUT2D eigenvalue weighted by Crippen LogP contribution is -2.29. The van der Waals surface area contributed by atoms with E-state index >= 15 is 0 Å². The fraction of sp³-hybridized carbons (Fsp3) is 0.800. The topological polar surface area (TPSA) is 20.2 Å². The predicted molar refractivity (Wildman–Crippen MR) is 47.4 cm³/mol. The Morgan fingerprint density at radius 1 is 1.64 bits per heavy atom. The molecule has 0 bridgehead atoms. The molecule has 0 saturated heterocycles. The van der Waals surface area contributed by atoms with Crippen molar-refractivity contribution >= 4 is 0 Å². The van der Waals surface area contributed by atoms with Crippen LogP contribution in [0.2, 0.25) is 0 Å². The van der Waals surface area contributed by atoms with Crippen LogP contribution >= 0.6 is 0 Å². The fourth-order valence-corrected chi connectivity index (χ4v) is 1.64. The summed E-state index contributed by atoms with van der Waals surface area (Å²) in [6, 6.07) is 0. The molecule has 1 aliphatic rings. The summed E-state index contributed by atoms with van der Waals surface area (Å²) in [6.45, 7) is 5.74. The highest BCUT2D eigenvalue weighted by Crippen LogP contribution is 2.43. The second kappa shape index (κ2) is 3.40. The molecule has 0 spiro atoms. The SMILES string of the molecule is C=CCCC(O)(CC)C1CC1. The van der Waals surface area contributed by atoms with Gasteiger partial charge in [-0.05, 0) is 38.0 Å². The van der Waals surface area contributed by atoms with Gasteiger partial charge in [0.1, 0.15) is 0 Å². The highest BCUT2D eigenvalue weighted by atomic mass is 16.3. The van der Waals surface area contributed by atoms with Crippen LogP contribution in [-0.4, -0.2) is 10.7 Å². The average Bonchev–Trinajstić information content (AvgIpc) is 2.82. The van der Waals surface area contributed by atoms with Gasteiger partial charge in [0.25, 0.3) is 0 Å². The van der Waals surface area contributed by atoms with E-state index in [9.17, 15) is 5.11 Å². The van der Waals surface area contributed by atoms with Crippen molar-refractivity contribution in [2.45, 2.75) is 44.6 Å². The summed E-state index contributed by atoms with van der Waals surface area (Å²) in [5.74, 6) is 0.590. The van der Waals surface area contributed by atoms with Crippen molar-refractivity contribution in [2.24, 2.45) is 5.92 Å². The molecule has 0 aliphatic heterocycles. The van der Waals surface area contributed by atoms with Gasteiger partial charge in [-0.2, -0.15) is 0 Å². The quantitative estimate of drug-likeness (QED) is 0.603. The van der Waals surface area contributed by atoms with Crippen LogP contribution in [-0.2, 0) is 0 Å². The van der Waals surface area contributed by atoms with Crippen LogP contribution in [0.1, 0.15) is 39.0 Å². The monoisotopic (exact) mass is 154 g/mol. The van der Waals surface area contributed by atoms with Crippen LogP contribution in [0.3, 0.4) is 0 Å². The first kappa shape index (κ1) is 8.79. The molecule has 1 nitrogen and oxygen atoms in total. The smallest absolute Gasteiger partial charge is 0.0676 e. The first-order valence-corrected chi connectivity index (χ1v) is 4.56. The number of allylic oxidation sites excluding steroid dienone is 1. The Balaban J connectivity index is 2.37. The van der Waals surface area contributed by atoms with Gasteiger partial charge in [-0.15, -0.1) is 6.58 Å². The summed E-state index contributed by atoms with van der Waals surface area (Å²) in [5.41, 5.74) is -0.367. The Morgan fingerprint density at radius 3 is 2.64 bits per heavy atom. The van der Waals surface area contributed by atoms with Gasteiger partial charge >= 0.3 is 0 Å². The van der Waals surface area contributed by atoms with Crippen LogP contribution in [0.15, 0.2) is 12.7 Å². The Morgan fingerprint density at radius 2 is 2.27 bits per heavy atom. The minimum absolute atomic E-state index is 0.367. The summed E-state index contributed by atoms with van der Waals surface area (Å²) < 4.78 is 0. The largest absolute Gasteiger partial charge is 0.390 e. The first-order chi connectivity index (χ1) is 5.23. The number of rotatable bonds is 5. The van der Waals surface area contributed by atoms with E-state index in [1.807, 2.05) is 6.08 Å². The molecule has 1 fully saturated rings. The third kappa shape index (κ3) is 2.06. The Bertz CT molecular complexity index is 138. The molecule has 0 aromatic rings. The second-order valence-corrected chi connectivity index (χ2v) is 3.56. The van der Waals surface area contributed by atoms with Gasteiger partial charge in [-0.3, -0.25) is 0 Å². The molecule has 1 atom stereocenters. The van der Waals surface area contributed by atoms with Crippen molar-refractivity contribution in [3.8, 4) is 0 Å². The van der Waals surface area contributed by atoms with Gasteiger partial charge in [-0.1, -0.05) is 13.0 Å². The van der Waals surface area contributed by atoms with Crippen LogP contribution in [0.4, 0.5) is 0 Å². The zero-order chi connectivity index (χ0) is 8.32. The predicted octanol–water partition coefficient (Wildman–Crippen LogP) is 2.50. The van der Waals surface area contributed by atoms with Crippen molar-refractivity contribution in [1.29, 1.82) is 0 Å². The molecule has 11 heavy (non-hydrogen) atoms. The fourth-order valence-electron chi connectivity index (χ4n) is 1.64. The maximum absolute atomic E-state index is 10.0. The van der Waals surface area contributed by atoms with E-state index in [0.29, 0.717) is 5.92 Å². The molecule has 0 heterocycles. The zero-order valence-electron chi connectivity index (χ0n) is 7.34. The molecular weight excluding hydrogens is 136 g/mol. The van der Waals surface area contributed by atoms with Crippen LogP contribution < -0.4 is 0 Å². The molecule has 0 amide bonds. The maximum Gasteiger partial charge on any atom is 0.0676 e. The minimum Gasteiger partial charge on any atom is -0.390 e. The average molecular weight is 154 g/mol. The molecule has 1 heteroatoms. The van der Waals surface area contributed by atoms with Crippen LogP contribution in [0.25, 0.3) is 0 Å². The molecular formula is C10H18O. The lowest BCUT2D eigenvalue weighted by molar-refractivity contribution is 0.00613. The molecule has 1 N–H and O–H groups in total. The van der Waals surface area contributed by atoms with Gasteiger partial charge in [0.15, 0.2) is 0 Å².